The molecule has 0 spiro atoms. The van der Waals surface area contributed by atoms with Crippen molar-refractivity contribution in [3.8, 4) is 11.6 Å². The van der Waals surface area contributed by atoms with Crippen molar-refractivity contribution >= 4 is 6.08 Å². The summed E-state index contributed by atoms with van der Waals surface area (Å²) in [4.78, 5) is 4.15. The second-order valence-electron chi connectivity index (χ2n) is 2.83. The number of methoxy groups -OCH3 is 2. The molecule has 1 aliphatic rings. The Bertz CT molecular complexity index is 358. The Hall–Kier alpha value is -1.51. The van der Waals surface area contributed by atoms with E-state index < -0.39 is 0 Å². The van der Waals surface area contributed by atoms with Crippen LogP contribution >= 0.6 is 0 Å². The quantitative estimate of drug-likeness (QED) is 0.688. The fourth-order valence-electron chi connectivity index (χ4n) is 1.54. The van der Waals surface area contributed by atoms with Gasteiger partial charge >= 0.3 is 0 Å². The monoisotopic (exact) mass is 177 g/mol. The smallest absolute Gasteiger partial charge is 0.217 e. The minimum atomic E-state index is 0.695. The van der Waals surface area contributed by atoms with Crippen molar-refractivity contribution in [1.82, 2.24) is 4.98 Å². The molecule has 0 fully saturated rings. The van der Waals surface area contributed by atoms with Crippen molar-refractivity contribution in [1.29, 1.82) is 0 Å². The maximum absolute atomic E-state index is 5.19. The molecule has 0 unspecified atom stereocenters. The Morgan fingerprint density at radius 1 is 1.31 bits per heavy atom. The molecule has 68 valence electrons. The number of aromatic nitrogens is 1. The highest BCUT2D eigenvalue weighted by molar-refractivity contribution is 5.67. The number of nitrogens with zero attached hydrogens (tertiary/aromatic N) is 1. The van der Waals surface area contributed by atoms with Crippen LogP contribution in [0.2, 0.25) is 0 Å². The van der Waals surface area contributed by atoms with E-state index in [1.807, 2.05) is 6.08 Å². The van der Waals surface area contributed by atoms with Crippen LogP contribution in [-0.4, -0.2) is 19.2 Å². The number of rotatable bonds is 2. The summed E-state index contributed by atoms with van der Waals surface area (Å²) in [6, 6.07) is 0. The SMILES string of the molecule is COc1cnc(OC)c2c1C=CC2. The minimum Gasteiger partial charge on any atom is -0.494 e. The van der Waals surface area contributed by atoms with Crippen LogP contribution in [0.25, 0.3) is 6.08 Å². The highest BCUT2D eigenvalue weighted by atomic mass is 16.5. The third kappa shape index (κ3) is 1.16. The highest BCUT2D eigenvalue weighted by Gasteiger charge is 2.16. The number of hydrogen-bond donors (Lipinski definition) is 0. The lowest BCUT2D eigenvalue weighted by atomic mass is 10.1. The maximum Gasteiger partial charge on any atom is 0.217 e. The average Bonchev–Trinajstić information content (AvgIpc) is 2.64. The molecule has 0 radical (unpaired) electrons. The molecular weight excluding hydrogens is 166 g/mol. The summed E-state index contributed by atoms with van der Waals surface area (Å²) in [5.41, 5.74) is 2.20. The lowest BCUT2D eigenvalue weighted by molar-refractivity contribution is 0.383. The molecule has 0 aromatic carbocycles. The van der Waals surface area contributed by atoms with E-state index in [2.05, 4.69) is 11.1 Å². The van der Waals surface area contributed by atoms with Gasteiger partial charge in [0.05, 0.1) is 20.4 Å². The maximum atomic E-state index is 5.19. The summed E-state index contributed by atoms with van der Waals surface area (Å²) in [7, 11) is 3.28. The second kappa shape index (κ2) is 3.09. The van der Waals surface area contributed by atoms with E-state index in [9.17, 15) is 0 Å². The lowest BCUT2D eigenvalue weighted by Crippen LogP contribution is -1.97. The summed E-state index contributed by atoms with van der Waals surface area (Å²) in [6.45, 7) is 0. The number of hydrogen-bond acceptors (Lipinski definition) is 3. The van der Waals surface area contributed by atoms with Crippen LogP contribution in [0.4, 0.5) is 0 Å². The first-order chi connectivity index (χ1) is 6.36. The van der Waals surface area contributed by atoms with E-state index in [-0.39, 0.29) is 0 Å². The number of ether oxygens (including phenoxy) is 2. The largest absolute Gasteiger partial charge is 0.494 e. The Morgan fingerprint density at radius 3 is 2.85 bits per heavy atom. The van der Waals surface area contributed by atoms with E-state index in [0.717, 1.165) is 23.3 Å². The molecule has 0 atom stereocenters. The summed E-state index contributed by atoms with van der Waals surface area (Å²) < 4.78 is 10.3. The summed E-state index contributed by atoms with van der Waals surface area (Å²) in [5, 5.41) is 0. The Labute approximate surface area is 77.0 Å². The van der Waals surface area contributed by atoms with Gasteiger partial charge in [0.2, 0.25) is 5.88 Å². The molecule has 1 aliphatic carbocycles. The van der Waals surface area contributed by atoms with Crippen molar-refractivity contribution in [2.45, 2.75) is 6.42 Å². The van der Waals surface area contributed by atoms with Crippen LogP contribution in [0.15, 0.2) is 12.3 Å². The molecule has 1 heterocycles. The fraction of sp³-hybridized carbons (Fsp3) is 0.300. The van der Waals surface area contributed by atoms with E-state index in [0.29, 0.717) is 5.88 Å². The first-order valence-corrected chi connectivity index (χ1v) is 4.13. The van der Waals surface area contributed by atoms with E-state index >= 15 is 0 Å². The van der Waals surface area contributed by atoms with Gasteiger partial charge < -0.3 is 9.47 Å². The van der Waals surface area contributed by atoms with Crippen molar-refractivity contribution in [3.63, 3.8) is 0 Å². The van der Waals surface area contributed by atoms with Crippen LogP contribution in [0.3, 0.4) is 0 Å². The molecule has 1 aromatic rings. The summed E-state index contributed by atoms with van der Waals surface area (Å²) >= 11 is 0. The minimum absolute atomic E-state index is 0.695. The molecule has 0 bridgehead atoms. The Kier molecular flexibility index (Phi) is 1.93. The molecule has 0 saturated heterocycles. The van der Waals surface area contributed by atoms with Crippen molar-refractivity contribution in [2.24, 2.45) is 0 Å². The van der Waals surface area contributed by atoms with Gasteiger partial charge in [-0.25, -0.2) is 4.98 Å². The molecule has 2 rings (SSSR count). The van der Waals surface area contributed by atoms with E-state index in [1.54, 1.807) is 20.4 Å². The van der Waals surface area contributed by atoms with Crippen molar-refractivity contribution < 1.29 is 9.47 Å². The standard InChI is InChI=1S/C10H11NO2/c1-12-9-6-11-10(13-2)8-5-3-4-7(8)9/h3-4,6H,5H2,1-2H3. The van der Waals surface area contributed by atoms with Crippen LogP contribution in [-0.2, 0) is 6.42 Å². The number of fused-ring (bicyclic) bond motifs is 1. The summed E-state index contributed by atoms with van der Waals surface area (Å²) in [5.74, 6) is 1.50. The van der Waals surface area contributed by atoms with Gasteiger partial charge in [0.15, 0.2) is 0 Å². The van der Waals surface area contributed by atoms with Gasteiger partial charge in [-0.15, -0.1) is 0 Å². The first-order valence-electron chi connectivity index (χ1n) is 4.13. The molecule has 3 heteroatoms. The van der Waals surface area contributed by atoms with Gasteiger partial charge in [0.1, 0.15) is 5.75 Å². The molecule has 13 heavy (non-hydrogen) atoms. The van der Waals surface area contributed by atoms with Gasteiger partial charge in [0, 0.05) is 11.1 Å². The Morgan fingerprint density at radius 2 is 2.15 bits per heavy atom. The zero-order chi connectivity index (χ0) is 9.26. The Balaban J connectivity index is 2.56. The zero-order valence-electron chi connectivity index (χ0n) is 7.70. The fourth-order valence-corrected chi connectivity index (χ4v) is 1.54. The predicted octanol–water partition coefficient (Wildman–Crippen LogP) is 1.67. The predicted molar refractivity (Wildman–Crippen MR) is 50.1 cm³/mol. The van der Waals surface area contributed by atoms with Crippen LogP contribution in [0, 0.1) is 0 Å². The van der Waals surface area contributed by atoms with Gasteiger partial charge in [0.25, 0.3) is 0 Å². The van der Waals surface area contributed by atoms with Crippen molar-refractivity contribution in [2.75, 3.05) is 14.2 Å². The topological polar surface area (TPSA) is 31.4 Å². The number of allylic oxidation sites excluding steroid dienone is 1. The van der Waals surface area contributed by atoms with Crippen LogP contribution in [0.5, 0.6) is 11.6 Å². The van der Waals surface area contributed by atoms with Gasteiger partial charge in [-0.1, -0.05) is 12.2 Å². The van der Waals surface area contributed by atoms with Crippen LogP contribution in [0.1, 0.15) is 11.1 Å². The van der Waals surface area contributed by atoms with E-state index in [4.69, 9.17) is 9.47 Å². The second-order valence-corrected chi connectivity index (χ2v) is 2.83. The van der Waals surface area contributed by atoms with E-state index in [1.165, 1.54) is 0 Å². The molecule has 0 N–H and O–H groups in total. The van der Waals surface area contributed by atoms with Crippen molar-refractivity contribution in [3.05, 3.63) is 23.4 Å². The molecular formula is C10H11NO2. The average molecular weight is 177 g/mol. The van der Waals surface area contributed by atoms with Gasteiger partial charge in [-0.3, -0.25) is 0 Å². The molecule has 0 aliphatic heterocycles. The number of pyridine rings is 1. The zero-order valence-corrected chi connectivity index (χ0v) is 7.70. The molecule has 0 saturated carbocycles. The molecule has 3 nitrogen and oxygen atoms in total. The first kappa shape index (κ1) is 8.10. The van der Waals surface area contributed by atoms with Gasteiger partial charge in [-0.05, 0) is 6.42 Å². The third-order valence-electron chi connectivity index (χ3n) is 2.17. The van der Waals surface area contributed by atoms with Gasteiger partial charge in [-0.2, -0.15) is 0 Å². The van der Waals surface area contributed by atoms with Crippen LogP contribution < -0.4 is 9.47 Å². The lowest BCUT2D eigenvalue weighted by Gasteiger charge is -2.09. The molecule has 1 aromatic heterocycles. The third-order valence-corrected chi connectivity index (χ3v) is 2.17. The normalized spacial score (nSPS) is 12.8. The highest BCUT2D eigenvalue weighted by Crippen LogP contribution is 2.33. The molecule has 0 amide bonds. The summed E-state index contributed by atoms with van der Waals surface area (Å²) in [6.07, 6.45) is 6.69.